The topological polar surface area (TPSA) is 32.8 Å². The maximum absolute atomic E-state index is 12.9. The number of anilines is 1. The van der Waals surface area contributed by atoms with E-state index in [9.17, 15) is 4.79 Å². The van der Waals surface area contributed by atoms with Crippen LogP contribution in [0, 0.1) is 12.8 Å². The fourth-order valence-electron chi connectivity index (χ4n) is 4.00. The molecule has 0 radical (unpaired) electrons. The second-order valence-corrected chi connectivity index (χ2v) is 7.77. The summed E-state index contributed by atoms with van der Waals surface area (Å²) in [5.74, 6) is 1.16. The molecule has 1 amide bonds. The Morgan fingerprint density at radius 1 is 1.38 bits per heavy atom. The zero-order valence-corrected chi connectivity index (χ0v) is 15.4. The van der Waals surface area contributed by atoms with Gasteiger partial charge in [-0.15, -0.1) is 0 Å². The zero-order chi connectivity index (χ0) is 17.3. The van der Waals surface area contributed by atoms with Crippen molar-refractivity contribution in [1.82, 2.24) is 4.90 Å². The first-order chi connectivity index (χ1) is 11.5. The molecule has 132 valence electrons. The number of benzene rings is 1. The van der Waals surface area contributed by atoms with Crippen molar-refractivity contribution in [3.8, 4) is 0 Å². The highest BCUT2D eigenvalue weighted by molar-refractivity contribution is 5.97. The number of piperidine rings is 1. The van der Waals surface area contributed by atoms with Crippen LogP contribution >= 0.6 is 0 Å². The van der Waals surface area contributed by atoms with Gasteiger partial charge >= 0.3 is 0 Å². The highest BCUT2D eigenvalue weighted by Gasteiger charge is 2.43. The van der Waals surface area contributed by atoms with Gasteiger partial charge in [0.1, 0.15) is 0 Å². The number of nitrogens with zero attached hydrogens (tertiary/aromatic N) is 2. The van der Waals surface area contributed by atoms with E-state index >= 15 is 0 Å². The van der Waals surface area contributed by atoms with E-state index < -0.39 is 0 Å². The Hall–Kier alpha value is -1.39. The fourth-order valence-corrected chi connectivity index (χ4v) is 4.00. The molecule has 4 heteroatoms. The lowest BCUT2D eigenvalue weighted by molar-refractivity contribution is -0.120. The van der Waals surface area contributed by atoms with E-state index in [1.165, 1.54) is 11.1 Å². The van der Waals surface area contributed by atoms with E-state index in [4.69, 9.17) is 4.74 Å². The predicted molar refractivity (Wildman–Crippen MR) is 97.6 cm³/mol. The second kappa shape index (κ2) is 7.24. The molecule has 24 heavy (non-hydrogen) atoms. The van der Waals surface area contributed by atoms with Crippen LogP contribution in [0.15, 0.2) is 18.2 Å². The van der Waals surface area contributed by atoms with Crippen molar-refractivity contribution >= 4 is 11.6 Å². The molecule has 0 N–H and O–H groups in total. The summed E-state index contributed by atoms with van der Waals surface area (Å²) >= 11 is 0. The molecule has 0 aliphatic carbocycles. The van der Waals surface area contributed by atoms with Crippen LogP contribution < -0.4 is 4.90 Å². The molecule has 2 aliphatic rings. The molecule has 0 aromatic heterocycles. The summed E-state index contributed by atoms with van der Waals surface area (Å²) in [6.07, 6.45) is 1.52. The number of aryl methyl sites for hydroxylation is 1. The number of likely N-dealkylation sites (tertiary alicyclic amines) is 1. The predicted octanol–water partition coefficient (Wildman–Crippen LogP) is 3.19. The van der Waals surface area contributed by atoms with Gasteiger partial charge < -0.3 is 14.5 Å². The zero-order valence-electron chi connectivity index (χ0n) is 15.4. The molecule has 2 heterocycles. The van der Waals surface area contributed by atoms with Crippen LogP contribution in [0.25, 0.3) is 0 Å². The lowest BCUT2D eigenvalue weighted by Gasteiger charge is -2.36. The number of carbonyl (C=O) groups excluding carboxylic acids is 1. The molecule has 1 saturated heterocycles. The fraction of sp³-hybridized carbons (Fsp3) is 0.650. The average Bonchev–Trinajstić information content (AvgIpc) is 2.84. The molecule has 1 aromatic rings. The Kier molecular flexibility index (Phi) is 5.26. The third kappa shape index (κ3) is 3.50. The third-order valence-corrected chi connectivity index (χ3v) is 5.13. The smallest absolute Gasteiger partial charge is 0.229 e. The molecule has 0 saturated carbocycles. The van der Waals surface area contributed by atoms with Crippen molar-refractivity contribution in [1.29, 1.82) is 0 Å². The minimum absolute atomic E-state index is 0.209. The monoisotopic (exact) mass is 330 g/mol. The summed E-state index contributed by atoms with van der Waals surface area (Å²) in [6, 6.07) is 6.84. The van der Waals surface area contributed by atoms with E-state index in [-0.39, 0.29) is 5.91 Å². The minimum atomic E-state index is 0.209. The number of amides is 1. The molecule has 1 fully saturated rings. The highest BCUT2D eigenvalue weighted by Crippen LogP contribution is 2.45. The van der Waals surface area contributed by atoms with Gasteiger partial charge in [-0.05, 0) is 44.5 Å². The van der Waals surface area contributed by atoms with E-state index in [1.54, 1.807) is 0 Å². The summed E-state index contributed by atoms with van der Waals surface area (Å²) in [4.78, 5) is 17.4. The molecule has 2 atom stereocenters. The van der Waals surface area contributed by atoms with Gasteiger partial charge in [-0.3, -0.25) is 4.79 Å². The Morgan fingerprint density at radius 2 is 2.17 bits per heavy atom. The van der Waals surface area contributed by atoms with Crippen molar-refractivity contribution in [2.75, 3.05) is 38.3 Å². The molecule has 0 unspecified atom stereocenters. The van der Waals surface area contributed by atoms with Crippen LogP contribution in [0.4, 0.5) is 5.69 Å². The molecular formula is C20H30N2O2. The van der Waals surface area contributed by atoms with Crippen LogP contribution in [0.3, 0.4) is 0 Å². The quantitative estimate of drug-likeness (QED) is 0.777. The van der Waals surface area contributed by atoms with Gasteiger partial charge in [0, 0.05) is 30.8 Å². The van der Waals surface area contributed by atoms with E-state index in [2.05, 4.69) is 55.8 Å². The van der Waals surface area contributed by atoms with E-state index in [0.717, 1.165) is 31.8 Å². The van der Waals surface area contributed by atoms with Crippen molar-refractivity contribution in [2.45, 2.75) is 45.6 Å². The molecule has 3 rings (SSSR count). The summed E-state index contributed by atoms with van der Waals surface area (Å²) in [7, 11) is 2.18. The summed E-state index contributed by atoms with van der Waals surface area (Å²) in [5.41, 5.74) is 3.75. The normalized spacial score (nSPS) is 23.5. The number of carbonyl (C=O) groups is 1. The summed E-state index contributed by atoms with van der Waals surface area (Å²) < 4.78 is 5.63. The van der Waals surface area contributed by atoms with Crippen molar-refractivity contribution in [3.05, 3.63) is 29.3 Å². The van der Waals surface area contributed by atoms with Gasteiger partial charge in [-0.1, -0.05) is 31.5 Å². The summed E-state index contributed by atoms with van der Waals surface area (Å²) in [6.45, 7) is 9.72. The maximum Gasteiger partial charge on any atom is 0.229 e. The SMILES string of the molecule is Cc1ccc2c(c1)[C@H]1CN(C)CC[C@H]1N2C(=O)CCOCC(C)C. The standard InChI is InChI=1S/C20H30N2O2/c1-14(2)13-24-10-8-20(23)22-18-6-5-15(3)11-16(18)17-12-21(4)9-7-19(17)22/h5-6,11,14,17,19H,7-10,12-13H2,1-4H3/t17-,19-/m1/s1. The van der Waals surface area contributed by atoms with Crippen LogP contribution in [0.1, 0.15) is 43.7 Å². The number of rotatable bonds is 5. The molecule has 4 nitrogen and oxygen atoms in total. The molecule has 1 aromatic carbocycles. The van der Waals surface area contributed by atoms with Crippen molar-refractivity contribution < 1.29 is 9.53 Å². The molecule has 0 spiro atoms. The Morgan fingerprint density at radius 3 is 2.92 bits per heavy atom. The number of ether oxygens (including phenoxy) is 1. The number of hydrogen-bond acceptors (Lipinski definition) is 3. The van der Waals surface area contributed by atoms with Crippen LogP contribution in [-0.2, 0) is 9.53 Å². The Balaban J connectivity index is 1.76. The third-order valence-electron chi connectivity index (χ3n) is 5.13. The van der Waals surface area contributed by atoms with Gasteiger partial charge in [0.05, 0.1) is 13.0 Å². The number of fused-ring (bicyclic) bond motifs is 3. The van der Waals surface area contributed by atoms with Crippen molar-refractivity contribution in [2.24, 2.45) is 5.92 Å². The second-order valence-electron chi connectivity index (χ2n) is 7.77. The van der Waals surface area contributed by atoms with Crippen LogP contribution in [0.5, 0.6) is 0 Å². The van der Waals surface area contributed by atoms with Crippen LogP contribution in [-0.4, -0.2) is 50.2 Å². The minimum Gasteiger partial charge on any atom is -0.381 e. The van der Waals surface area contributed by atoms with Gasteiger partial charge in [0.25, 0.3) is 0 Å². The first kappa shape index (κ1) is 17.4. The van der Waals surface area contributed by atoms with Gasteiger partial charge in [0.2, 0.25) is 5.91 Å². The average molecular weight is 330 g/mol. The van der Waals surface area contributed by atoms with E-state index in [0.29, 0.717) is 30.9 Å². The Bertz CT molecular complexity index is 599. The largest absolute Gasteiger partial charge is 0.381 e. The summed E-state index contributed by atoms with van der Waals surface area (Å²) in [5, 5.41) is 0. The maximum atomic E-state index is 12.9. The first-order valence-corrected chi connectivity index (χ1v) is 9.16. The number of hydrogen-bond donors (Lipinski definition) is 0. The van der Waals surface area contributed by atoms with Gasteiger partial charge in [0.15, 0.2) is 0 Å². The number of likely N-dealkylation sites (N-methyl/N-ethyl adjacent to an activating group) is 1. The first-order valence-electron chi connectivity index (χ1n) is 9.16. The van der Waals surface area contributed by atoms with Crippen LogP contribution in [0.2, 0.25) is 0 Å². The molecule has 0 bridgehead atoms. The van der Waals surface area contributed by atoms with Gasteiger partial charge in [-0.25, -0.2) is 0 Å². The van der Waals surface area contributed by atoms with Gasteiger partial charge in [-0.2, -0.15) is 0 Å². The lowest BCUT2D eigenvalue weighted by atomic mass is 9.89. The Labute approximate surface area is 145 Å². The van der Waals surface area contributed by atoms with Crippen molar-refractivity contribution in [3.63, 3.8) is 0 Å². The molecule has 2 aliphatic heterocycles. The lowest BCUT2D eigenvalue weighted by Crippen LogP contribution is -2.47. The highest BCUT2D eigenvalue weighted by atomic mass is 16.5. The molecular weight excluding hydrogens is 300 g/mol. The van der Waals surface area contributed by atoms with E-state index in [1.807, 2.05) is 0 Å².